The van der Waals surface area contributed by atoms with Crippen LogP contribution in [-0.2, 0) is 11.3 Å². The molecule has 0 amide bonds. The molecular formula is C16H27NO4. The van der Waals surface area contributed by atoms with Gasteiger partial charge in [0.2, 0.25) is 5.75 Å². The summed E-state index contributed by atoms with van der Waals surface area (Å²) in [5.41, 5.74) is 1.05. The third-order valence-corrected chi connectivity index (χ3v) is 3.09. The van der Waals surface area contributed by atoms with Crippen molar-refractivity contribution in [2.45, 2.75) is 26.3 Å². The zero-order chi connectivity index (χ0) is 15.5. The van der Waals surface area contributed by atoms with E-state index in [0.29, 0.717) is 17.2 Å². The minimum Gasteiger partial charge on any atom is -0.493 e. The maximum Gasteiger partial charge on any atom is 0.203 e. The van der Waals surface area contributed by atoms with Gasteiger partial charge in [0.05, 0.1) is 21.3 Å². The van der Waals surface area contributed by atoms with Crippen molar-refractivity contribution in [1.29, 1.82) is 0 Å². The number of ether oxygens (including phenoxy) is 4. The van der Waals surface area contributed by atoms with Crippen LogP contribution in [0.1, 0.15) is 25.3 Å². The van der Waals surface area contributed by atoms with Crippen LogP contribution in [0.3, 0.4) is 0 Å². The van der Waals surface area contributed by atoms with Gasteiger partial charge in [-0.25, -0.2) is 0 Å². The Labute approximate surface area is 127 Å². The van der Waals surface area contributed by atoms with Gasteiger partial charge in [-0.3, -0.25) is 0 Å². The first-order valence-electron chi connectivity index (χ1n) is 7.34. The molecular weight excluding hydrogens is 270 g/mol. The molecule has 0 radical (unpaired) electrons. The fourth-order valence-corrected chi connectivity index (χ4v) is 2.07. The number of benzene rings is 1. The molecule has 5 nitrogen and oxygen atoms in total. The number of hydrogen-bond donors (Lipinski definition) is 1. The van der Waals surface area contributed by atoms with Gasteiger partial charge in [-0.2, -0.15) is 0 Å². The number of rotatable bonds is 11. The molecule has 0 saturated heterocycles. The van der Waals surface area contributed by atoms with Gasteiger partial charge in [0.15, 0.2) is 11.5 Å². The van der Waals surface area contributed by atoms with E-state index in [1.165, 1.54) is 0 Å². The fraction of sp³-hybridized carbons (Fsp3) is 0.625. The number of hydrogen-bond acceptors (Lipinski definition) is 5. The summed E-state index contributed by atoms with van der Waals surface area (Å²) >= 11 is 0. The second-order valence-corrected chi connectivity index (χ2v) is 4.64. The number of nitrogens with one attached hydrogen (secondary N) is 1. The molecule has 1 aromatic carbocycles. The molecule has 0 aliphatic rings. The Bertz CT molecular complexity index is 410. The van der Waals surface area contributed by atoms with E-state index in [-0.39, 0.29) is 0 Å². The van der Waals surface area contributed by atoms with Crippen LogP contribution in [0.15, 0.2) is 12.1 Å². The Morgan fingerprint density at radius 3 is 2.33 bits per heavy atom. The van der Waals surface area contributed by atoms with Gasteiger partial charge >= 0.3 is 0 Å². The third kappa shape index (κ3) is 5.44. The van der Waals surface area contributed by atoms with E-state index >= 15 is 0 Å². The molecule has 0 unspecified atom stereocenters. The van der Waals surface area contributed by atoms with Gasteiger partial charge in [0.25, 0.3) is 0 Å². The molecule has 120 valence electrons. The van der Waals surface area contributed by atoms with E-state index in [4.69, 9.17) is 18.9 Å². The van der Waals surface area contributed by atoms with Crippen molar-refractivity contribution in [2.24, 2.45) is 0 Å². The van der Waals surface area contributed by atoms with Crippen molar-refractivity contribution in [1.82, 2.24) is 5.32 Å². The summed E-state index contributed by atoms with van der Waals surface area (Å²) in [4.78, 5) is 0. The predicted octanol–water partition coefficient (Wildman–Crippen LogP) is 2.62. The normalized spacial score (nSPS) is 10.5. The lowest BCUT2D eigenvalue weighted by Crippen LogP contribution is -2.17. The van der Waals surface area contributed by atoms with Gasteiger partial charge in [-0.1, -0.05) is 13.0 Å². The Kier molecular flexibility index (Phi) is 8.62. The summed E-state index contributed by atoms with van der Waals surface area (Å²) in [6.07, 6.45) is 2.06. The monoisotopic (exact) mass is 297 g/mol. The minimum absolute atomic E-state index is 0.630. The van der Waals surface area contributed by atoms with Crippen LogP contribution in [-0.4, -0.2) is 41.1 Å². The van der Waals surface area contributed by atoms with Gasteiger partial charge in [0.1, 0.15) is 0 Å². The number of methoxy groups -OCH3 is 3. The molecule has 21 heavy (non-hydrogen) atoms. The van der Waals surface area contributed by atoms with E-state index in [1.54, 1.807) is 21.3 Å². The Morgan fingerprint density at radius 1 is 0.952 bits per heavy atom. The summed E-state index contributed by atoms with van der Waals surface area (Å²) < 4.78 is 21.5. The molecule has 0 saturated carbocycles. The van der Waals surface area contributed by atoms with E-state index in [9.17, 15) is 0 Å². The molecule has 0 aromatic heterocycles. The molecule has 0 bridgehead atoms. The maximum absolute atomic E-state index is 5.45. The largest absolute Gasteiger partial charge is 0.493 e. The van der Waals surface area contributed by atoms with Gasteiger partial charge in [0, 0.05) is 25.3 Å². The summed E-state index contributed by atoms with van der Waals surface area (Å²) in [5, 5.41) is 3.39. The summed E-state index contributed by atoms with van der Waals surface area (Å²) in [7, 11) is 4.87. The van der Waals surface area contributed by atoms with Crippen LogP contribution >= 0.6 is 0 Å². The lowest BCUT2D eigenvalue weighted by molar-refractivity contribution is 0.132. The summed E-state index contributed by atoms with van der Waals surface area (Å²) in [5.74, 6) is 2.02. The van der Waals surface area contributed by atoms with Crippen LogP contribution in [0.25, 0.3) is 0 Å². The van der Waals surface area contributed by atoms with Crippen LogP contribution in [0.4, 0.5) is 0 Å². The summed E-state index contributed by atoms with van der Waals surface area (Å²) in [6.45, 7) is 5.37. The first kappa shape index (κ1) is 17.6. The molecule has 0 atom stereocenters. The fourth-order valence-electron chi connectivity index (χ4n) is 2.07. The molecule has 1 N–H and O–H groups in total. The van der Waals surface area contributed by atoms with Crippen LogP contribution in [0.2, 0.25) is 0 Å². The first-order chi connectivity index (χ1) is 10.3. The molecule has 1 rings (SSSR count). The van der Waals surface area contributed by atoms with E-state index in [2.05, 4.69) is 12.2 Å². The Morgan fingerprint density at radius 2 is 1.71 bits per heavy atom. The van der Waals surface area contributed by atoms with Crippen molar-refractivity contribution in [2.75, 3.05) is 41.1 Å². The Balaban J connectivity index is 2.51. The quantitative estimate of drug-likeness (QED) is 0.636. The van der Waals surface area contributed by atoms with E-state index in [0.717, 1.165) is 44.7 Å². The van der Waals surface area contributed by atoms with Gasteiger partial charge in [-0.05, 0) is 25.5 Å². The molecule has 0 aliphatic heterocycles. The maximum atomic E-state index is 5.45. The lowest BCUT2D eigenvalue weighted by atomic mass is 10.1. The highest BCUT2D eigenvalue weighted by molar-refractivity contribution is 5.55. The van der Waals surface area contributed by atoms with Crippen molar-refractivity contribution in [3.8, 4) is 17.2 Å². The van der Waals surface area contributed by atoms with Crippen LogP contribution in [0.5, 0.6) is 17.2 Å². The SMILES string of the molecule is CCCOCCCNCc1ccc(OC)c(OC)c1OC. The average molecular weight is 297 g/mol. The zero-order valence-electron chi connectivity index (χ0n) is 13.5. The third-order valence-electron chi connectivity index (χ3n) is 3.09. The highest BCUT2D eigenvalue weighted by Gasteiger charge is 2.15. The first-order valence-corrected chi connectivity index (χ1v) is 7.34. The zero-order valence-corrected chi connectivity index (χ0v) is 13.5. The summed E-state index contributed by atoms with van der Waals surface area (Å²) in [6, 6.07) is 3.88. The topological polar surface area (TPSA) is 49.0 Å². The predicted molar refractivity (Wildman–Crippen MR) is 83.5 cm³/mol. The van der Waals surface area contributed by atoms with Gasteiger partial charge in [-0.15, -0.1) is 0 Å². The highest BCUT2D eigenvalue weighted by Crippen LogP contribution is 2.39. The van der Waals surface area contributed by atoms with Crippen molar-refractivity contribution >= 4 is 0 Å². The molecule has 0 aliphatic carbocycles. The molecule has 5 heteroatoms. The van der Waals surface area contributed by atoms with Crippen LogP contribution < -0.4 is 19.5 Å². The molecule has 1 aromatic rings. The molecule has 0 fully saturated rings. The van der Waals surface area contributed by atoms with Gasteiger partial charge < -0.3 is 24.3 Å². The van der Waals surface area contributed by atoms with Crippen LogP contribution in [0, 0.1) is 0 Å². The smallest absolute Gasteiger partial charge is 0.203 e. The average Bonchev–Trinajstić information content (AvgIpc) is 2.52. The second-order valence-electron chi connectivity index (χ2n) is 4.64. The van der Waals surface area contributed by atoms with Crippen molar-refractivity contribution in [3.05, 3.63) is 17.7 Å². The lowest BCUT2D eigenvalue weighted by Gasteiger charge is -2.16. The highest BCUT2D eigenvalue weighted by atomic mass is 16.5. The molecule has 0 spiro atoms. The van der Waals surface area contributed by atoms with Crippen molar-refractivity contribution < 1.29 is 18.9 Å². The van der Waals surface area contributed by atoms with E-state index in [1.807, 2.05) is 12.1 Å². The van der Waals surface area contributed by atoms with Crippen molar-refractivity contribution in [3.63, 3.8) is 0 Å². The molecule has 0 heterocycles. The standard InChI is InChI=1S/C16H27NO4/c1-5-10-21-11-6-9-17-12-13-7-8-14(18-2)16(20-4)15(13)19-3/h7-8,17H,5-6,9-12H2,1-4H3. The Hall–Kier alpha value is -1.46. The van der Waals surface area contributed by atoms with E-state index < -0.39 is 0 Å². The minimum atomic E-state index is 0.630. The second kappa shape index (κ2) is 10.3.